The number of anilines is 1. The number of benzene rings is 1. The maximum atomic E-state index is 11.4. The molecular weight excluding hydrogens is 384 g/mol. The Kier molecular flexibility index (Phi) is 4.13. The summed E-state index contributed by atoms with van der Waals surface area (Å²) in [5, 5.41) is 9.38. The van der Waals surface area contributed by atoms with Crippen LogP contribution in [0.4, 0.5) is 6.01 Å². The van der Waals surface area contributed by atoms with Gasteiger partial charge < -0.3 is 18.8 Å². The Bertz CT molecular complexity index is 1180. The second-order valence-corrected chi connectivity index (χ2v) is 7.58. The van der Waals surface area contributed by atoms with E-state index in [1.807, 2.05) is 41.3 Å². The van der Waals surface area contributed by atoms with Gasteiger partial charge in [0.15, 0.2) is 17.9 Å². The van der Waals surface area contributed by atoms with Crippen LogP contribution in [-0.2, 0) is 4.79 Å². The smallest absolute Gasteiger partial charge is 0.312 e. The highest BCUT2D eigenvalue weighted by atomic mass is 16.4. The molecule has 8 nitrogen and oxygen atoms in total. The number of nitrogens with zero attached hydrogens (tertiary/aromatic N) is 4. The van der Waals surface area contributed by atoms with Gasteiger partial charge in [-0.2, -0.15) is 4.98 Å². The monoisotopic (exact) mass is 402 g/mol. The fraction of sp³-hybridized carbons (Fsp3) is 0.182. The van der Waals surface area contributed by atoms with Crippen LogP contribution < -0.4 is 4.90 Å². The number of aliphatic carboxylic acids is 1. The molecule has 0 bridgehead atoms. The molecule has 3 aromatic heterocycles. The lowest BCUT2D eigenvalue weighted by molar-refractivity contribution is -0.149. The molecule has 0 atom stereocenters. The minimum Gasteiger partial charge on any atom is -0.481 e. The van der Waals surface area contributed by atoms with Crippen molar-refractivity contribution in [2.45, 2.75) is 6.92 Å². The van der Waals surface area contributed by atoms with Crippen LogP contribution in [-0.4, -0.2) is 39.1 Å². The number of carbonyl (C=O) groups is 1. The van der Waals surface area contributed by atoms with E-state index in [1.54, 1.807) is 25.5 Å². The number of pyridine rings is 1. The van der Waals surface area contributed by atoms with Crippen LogP contribution in [0, 0.1) is 5.41 Å². The van der Waals surface area contributed by atoms with E-state index in [-0.39, 0.29) is 0 Å². The van der Waals surface area contributed by atoms with Crippen LogP contribution in [0.2, 0.25) is 0 Å². The lowest BCUT2D eigenvalue weighted by Crippen LogP contribution is -2.59. The lowest BCUT2D eigenvalue weighted by atomic mass is 9.82. The van der Waals surface area contributed by atoms with Gasteiger partial charge in [-0.3, -0.25) is 9.78 Å². The molecule has 0 spiro atoms. The largest absolute Gasteiger partial charge is 0.481 e. The van der Waals surface area contributed by atoms with E-state index in [2.05, 4.69) is 9.97 Å². The van der Waals surface area contributed by atoms with Gasteiger partial charge in [0.2, 0.25) is 0 Å². The van der Waals surface area contributed by atoms with Crippen molar-refractivity contribution < 1.29 is 18.7 Å². The van der Waals surface area contributed by atoms with Crippen LogP contribution in [0.1, 0.15) is 6.92 Å². The zero-order valence-corrected chi connectivity index (χ0v) is 16.1. The van der Waals surface area contributed by atoms with Crippen LogP contribution >= 0.6 is 0 Å². The number of oxazole rings is 2. The number of aromatic nitrogens is 3. The number of hydrogen-bond acceptors (Lipinski definition) is 7. The summed E-state index contributed by atoms with van der Waals surface area (Å²) in [5.41, 5.74) is 2.46. The Morgan fingerprint density at radius 3 is 2.47 bits per heavy atom. The van der Waals surface area contributed by atoms with E-state index in [1.165, 1.54) is 6.39 Å². The summed E-state index contributed by atoms with van der Waals surface area (Å²) < 4.78 is 11.4. The molecule has 0 saturated carbocycles. The minimum absolute atomic E-state index is 0.346. The summed E-state index contributed by atoms with van der Waals surface area (Å²) >= 11 is 0. The molecule has 0 radical (unpaired) electrons. The normalized spacial score (nSPS) is 15.0. The second-order valence-electron chi connectivity index (χ2n) is 7.58. The molecule has 30 heavy (non-hydrogen) atoms. The van der Waals surface area contributed by atoms with Gasteiger partial charge in [-0.1, -0.05) is 24.3 Å². The Hall–Kier alpha value is -3.94. The van der Waals surface area contributed by atoms with Crippen molar-refractivity contribution in [3.63, 3.8) is 0 Å². The topological polar surface area (TPSA) is 105 Å². The quantitative estimate of drug-likeness (QED) is 0.535. The first-order valence-electron chi connectivity index (χ1n) is 9.42. The molecule has 1 saturated heterocycles. The molecule has 8 heteroatoms. The summed E-state index contributed by atoms with van der Waals surface area (Å²) in [7, 11) is 0. The molecule has 1 aliphatic heterocycles. The molecule has 1 aromatic carbocycles. The molecule has 4 heterocycles. The number of carboxylic acid groups (broad SMARTS) is 1. The summed E-state index contributed by atoms with van der Waals surface area (Å²) in [5.74, 6) is 0.457. The minimum atomic E-state index is -0.819. The molecular formula is C22H18N4O4. The van der Waals surface area contributed by atoms with E-state index < -0.39 is 11.4 Å². The summed E-state index contributed by atoms with van der Waals surface area (Å²) in [6.45, 7) is 2.42. The van der Waals surface area contributed by atoms with Crippen LogP contribution in [0.15, 0.2) is 70.2 Å². The van der Waals surface area contributed by atoms with E-state index in [0.717, 1.165) is 16.7 Å². The molecule has 1 fully saturated rings. The molecule has 4 aromatic rings. The van der Waals surface area contributed by atoms with Gasteiger partial charge in [0.25, 0.3) is 6.01 Å². The first-order valence-corrected chi connectivity index (χ1v) is 9.42. The number of carboxylic acids is 1. The summed E-state index contributed by atoms with van der Waals surface area (Å²) in [6.07, 6.45) is 6.47. The fourth-order valence-electron chi connectivity index (χ4n) is 3.55. The first-order chi connectivity index (χ1) is 14.5. The standard InChI is InChI=1S/C22H18N4O4/c1-22(20(27)28)11-26(12-22)21-25-18(19(30-21)16-3-2-8-23-9-16)15-6-4-14(5-7-15)17-10-24-13-29-17/h2-10,13H,11-12H2,1H3,(H,27,28). The molecule has 150 valence electrons. The van der Waals surface area contributed by atoms with Crippen molar-refractivity contribution in [1.82, 2.24) is 15.0 Å². The number of rotatable bonds is 5. The zero-order valence-electron chi connectivity index (χ0n) is 16.1. The first kappa shape index (κ1) is 18.1. The van der Waals surface area contributed by atoms with Gasteiger partial charge in [-0.25, -0.2) is 4.98 Å². The van der Waals surface area contributed by atoms with Crippen molar-refractivity contribution >= 4 is 12.0 Å². The Balaban J connectivity index is 1.52. The van der Waals surface area contributed by atoms with Crippen LogP contribution in [0.3, 0.4) is 0 Å². The van der Waals surface area contributed by atoms with Gasteiger partial charge >= 0.3 is 5.97 Å². The highest BCUT2D eigenvalue weighted by Gasteiger charge is 2.47. The molecule has 0 amide bonds. The average molecular weight is 402 g/mol. The highest BCUT2D eigenvalue weighted by molar-refractivity contribution is 5.81. The molecule has 1 aliphatic rings. The molecule has 5 rings (SSSR count). The van der Waals surface area contributed by atoms with Crippen LogP contribution in [0.5, 0.6) is 0 Å². The molecule has 0 unspecified atom stereocenters. The fourth-order valence-corrected chi connectivity index (χ4v) is 3.55. The van der Waals surface area contributed by atoms with Gasteiger partial charge in [0.05, 0.1) is 6.20 Å². The van der Waals surface area contributed by atoms with E-state index in [9.17, 15) is 9.90 Å². The second kappa shape index (κ2) is 6.84. The highest BCUT2D eigenvalue weighted by Crippen LogP contribution is 2.40. The van der Waals surface area contributed by atoms with Crippen molar-refractivity contribution in [1.29, 1.82) is 0 Å². The Morgan fingerprint density at radius 2 is 1.83 bits per heavy atom. The van der Waals surface area contributed by atoms with Gasteiger partial charge in [-0.05, 0) is 19.1 Å². The predicted molar refractivity (Wildman–Crippen MR) is 109 cm³/mol. The number of hydrogen-bond donors (Lipinski definition) is 1. The van der Waals surface area contributed by atoms with Gasteiger partial charge in [-0.15, -0.1) is 0 Å². The maximum absolute atomic E-state index is 11.4. The van der Waals surface area contributed by atoms with Crippen LogP contribution in [0.25, 0.3) is 33.9 Å². The maximum Gasteiger partial charge on any atom is 0.312 e. The van der Waals surface area contributed by atoms with Crippen molar-refractivity contribution in [3.8, 4) is 33.9 Å². The third kappa shape index (κ3) is 3.02. The van der Waals surface area contributed by atoms with E-state index in [0.29, 0.717) is 36.3 Å². The van der Waals surface area contributed by atoms with Crippen molar-refractivity contribution in [2.24, 2.45) is 5.41 Å². The molecule has 0 aliphatic carbocycles. The van der Waals surface area contributed by atoms with Crippen molar-refractivity contribution in [2.75, 3.05) is 18.0 Å². The van der Waals surface area contributed by atoms with Gasteiger partial charge in [0.1, 0.15) is 11.1 Å². The SMILES string of the molecule is CC1(C(=O)O)CN(c2nc(-c3ccc(-c4cnco4)cc3)c(-c3cccnc3)o2)C1. The lowest BCUT2D eigenvalue weighted by Gasteiger charge is -2.43. The van der Waals surface area contributed by atoms with Crippen molar-refractivity contribution in [3.05, 3.63) is 61.4 Å². The van der Waals surface area contributed by atoms with E-state index >= 15 is 0 Å². The Labute approximate surface area is 171 Å². The zero-order chi connectivity index (χ0) is 20.7. The average Bonchev–Trinajstić information content (AvgIpc) is 3.42. The third-order valence-electron chi connectivity index (χ3n) is 5.28. The summed E-state index contributed by atoms with van der Waals surface area (Å²) in [6, 6.07) is 11.9. The summed E-state index contributed by atoms with van der Waals surface area (Å²) in [4.78, 5) is 26.1. The predicted octanol–water partition coefficient (Wildman–Crippen LogP) is 3.97. The van der Waals surface area contributed by atoms with Gasteiger partial charge in [0, 0.05) is 42.2 Å². The molecule has 1 N–H and O–H groups in total. The Morgan fingerprint density at radius 1 is 1.07 bits per heavy atom. The van der Waals surface area contributed by atoms with E-state index in [4.69, 9.17) is 13.8 Å². The third-order valence-corrected chi connectivity index (χ3v) is 5.28.